The number of nitrogens with one attached hydrogen (secondary N) is 2. The van der Waals surface area contributed by atoms with E-state index in [9.17, 15) is 0 Å². The first-order valence-electron chi connectivity index (χ1n) is 12.9. The molecule has 0 aliphatic carbocycles. The predicted octanol–water partition coefficient (Wildman–Crippen LogP) is 11.7. The number of halogens is 4. The van der Waals surface area contributed by atoms with Gasteiger partial charge in [-0.3, -0.25) is 0 Å². The highest BCUT2D eigenvalue weighted by Crippen LogP contribution is 2.36. The van der Waals surface area contributed by atoms with Crippen LogP contribution in [0.3, 0.4) is 0 Å². The minimum Gasteiger partial charge on any atom is -0.332 e. The van der Waals surface area contributed by atoms with Crippen LogP contribution < -0.4 is 0 Å². The van der Waals surface area contributed by atoms with Gasteiger partial charge in [-0.05, 0) is 48.5 Å². The van der Waals surface area contributed by atoms with Crippen LogP contribution in [-0.2, 0) is 0 Å². The Balaban J connectivity index is 1.20. The first-order chi connectivity index (χ1) is 20.4. The summed E-state index contributed by atoms with van der Waals surface area (Å²) in [4.78, 5) is 17.2. The molecule has 6 rings (SSSR count). The minimum absolute atomic E-state index is 0.875. The fourth-order valence-electron chi connectivity index (χ4n) is 4.40. The third kappa shape index (κ3) is 7.17. The second-order valence-corrected chi connectivity index (χ2v) is 15.1. The maximum absolute atomic E-state index is 5.01. The second kappa shape index (κ2) is 13.7. The molecule has 0 atom stereocenters. The van der Waals surface area contributed by atoms with E-state index < -0.39 is 0 Å². The van der Waals surface area contributed by atoms with E-state index in [1.807, 2.05) is 24.3 Å². The van der Waals surface area contributed by atoms with Crippen LogP contribution in [0, 0.1) is 0 Å². The van der Waals surface area contributed by atoms with Crippen LogP contribution in [-0.4, -0.2) is 31.4 Å². The number of thioether (sulfide) groups is 2. The fraction of sp³-hybridized carbons (Fsp3) is 0.0625. The first kappa shape index (κ1) is 30.0. The zero-order valence-corrected chi connectivity index (χ0v) is 29.9. The molecule has 4 aromatic carbocycles. The summed E-state index contributed by atoms with van der Waals surface area (Å²) >= 11 is 17.6. The van der Waals surface area contributed by atoms with Crippen molar-refractivity contribution >= 4 is 87.2 Å². The topological polar surface area (TPSA) is 57.4 Å². The van der Waals surface area contributed by atoms with Gasteiger partial charge in [-0.2, -0.15) is 0 Å². The fourth-order valence-corrected chi connectivity index (χ4v) is 7.17. The number of benzene rings is 4. The monoisotopic (exact) mass is 842 g/mol. The van der Waals surface area contributed by atoms with Crippen molar-refractivity contribution in [3.05, 3.63) is 115 Å². The van der Waals surface area contributed by atoms with Crippen molar-refractivity contribution in [2.45, 2.75) is 10.3 Å². The Morgan fingerprint density at radius 2 is 0.714 bits per heavy atom. The number of H-pyrrole nitrogens is 2. The third-order valence-electron chi connectivity index (χ3n) is 6.43. The summed E-state index contributed by atoms with van der Waals surface area (Å²) in [6, 6.07) is 33.2. The highest BCUT2D eigenvalue weighted by molar-refractivity contribution is 9.11. The van der Waals surface area contributed by atoms with Gasteiger partial charge in [-0.1, -0.05) is 136 Å². The van der Waals surface area contributed by atoms with Gasteiger partial charge in [-0.25, -0.2) is 9.97 Å². The average Bonchev–Trinajstić information content (AvgIpc) is 3.62. The van der Waals surface area contributed by atoms with Crippen LogP contribution in [0.25, 0.3) is 45.0 Å². The van der Waals surface area contributed by atoms with Crippen molar-refractivity contribution in [3.63, 3.8) is 0 Å². The number of nitrogens with zero attached hydrogens (tertiary/aromatic N) is 2. The Hall–Kier alpha value is -2.08. The molecule has 0 aliphatic rings. The van der Waals surface area contributed by atoms with Gasteiger partial charge in [-0.15, -0.1) is 0 Å². The molecule has 42 heavy (non-hydrogen) atoms. The Labute approximate surface area is 286 Å². The molecule has 210 valence electrons. The summed E-state index contributed by atoms with van der Waals surface area (Å²) in [5.41, 5.74) is 8.28. The van der Waals surface area contributed by atoms with Crippen LogP contribution in [0.2, 0.25) is 0 Å². The number of aromatic nitrogens is 4. The highest BCUT2D eigenvalue weighted by Gasteiger charge is 2.17. The lowest BCUT2D eigenvalue weighted by molar-refractivity contribution is 1.06. The van der Waals surface area contributed by atoms with Crippen molar-refractivity contribution in [1.29, 1.82) is 0 Å². The number of imidazole rings is 2. The summed E-state index contributed by atoms with van der Waals surface area (Å²) in [6.45, 7) is 0. The van der Waals surface area contributed by atoms with Gasteiger partial charge in [0.1, 0.15) is 0 Å². The van der Waals surface area contributed by atoms with Crippen molar-refractivity contribution in [2.75, 3.05) is 11.5 Å². The number of hydrogen-bond donors (Lipinski definition) is 2. The van der Waals surface area contributed by atoms with Gasteiger partial charge in [0.25, 0.3) is 0 Å². The normalized spacial score (nSPS) is 11.2. The molecule has 2 N–H and O–H groups in total. The van der Waals surface area contributed by atoms with Crippen LogP contribution in [0.5, 0.6) is 0 Å². The first-order valence-corrected chi connectivity index (χ1v) is 18.1. The molecule has 0 unspecified atom stereocenters. The van der Waals surface area contributed by atoms with Crippen molar-refractivity contribution < 1.29 is 0 Å². The molecule has 0 saturated carbocycles. The van der Waals surface area contributed by atoms with E-state index in [0.29, 0.717) is 0 Å². The smallest absolute Gasteiger partial charge is 0.166 e. The third-order valence-corrected chi connectivity index (χ3v) is 10.5. The molecular weight excluding hydrogens is 824 g/mol. The van der Waals surface area contributed by atoms with Crippen LogP contribution in [0.15, 0.2) is 125 Å². The lowest BCUT2D eigenvalue weighted by Gasteiger charge is -2.04. The molecular formula is C32H22Br4N4S2. The molecule has 0 radical (unpaired) electrons. The van der Waals surface area contributed by atoms with Crippen molar-refractivity contribution in [3.8, 4) is 45.0 Å². The number of aromatic amines is 2. The molecule has 0 bridgehead atoms. The Morgan fingerprint density at radius 3 is 1.02 bits per heavy atom. The van der Waals surface area contributed by atoms with E-state index >= 15 is 0 Å². The SMILES string of the molecule is Brc1ccc(-c2nc(SCCSc3nc(-c4ccc(Br)cc4)c(-c4ccc(Br)cc4)[nH]3)[nH]c2-c2ccc(Br)cc2)cc1. The number of hydrogen-bond acceptors (Lipinski definition) is 4. The van der Waals surface area contributed by atoms with Gasteiger partial charge >= 0.3 is 0 Å². The molecule has 0 amide bonds. The van der Waals surface area contributed by atoms with Crippen molar-refractivity contribution in [2.24, 2.45) is 0 Å². The summed E-state index contributed by atoms with van der Waals surface area (Å²) in [5, 5.41) is 1.80. The summed E-state index contributed by atoms with van der Waals surface area (Å²) in [6.07, 6.45) is 0. The standard InChI is InChI=1S/C32H22Br4N4S2/c33-23-9-1-19(2-10-23)27-28(20-3-11-24(34)12-4-20)38-31(37-27)41-17-18-42-32-39-29(21-5-13-25(35)14-6-21)30(40-32)22-7-15-26(36)16-8-22/h1-16H,17-18H2,(H,37,38)(H,39,40). The molecule has 6 aromatic rings. The van der Waals surface area contributed by atoms with Gasteiger partial charge in [0.2, 0.25) is 0 Å². The van der Waals surface area contributed by atoms with Crippen LogP contribution in [0.4, 0.5) is 0 Å². The summed E-state index contributed by atoms with van der Waals surface area (Å²) < 4.78 is 4.19. The maximum Gasteiger partial charge on any atom is 0.166 e. The quantitative estimate of drug-likeness (QED) is 0.112. The van der Waals surface area contributed by atoms with E-state index in [1.165, 1.54) is 0 Å². The van der Waals surface area contributed by atoms with Crippen LogP contribution in [0.1, 0.15) is 0 Å². The zero-order chi connectivity index (χ0) is 29.1. The van der Waals surface area contributed by atoms with E-state index in [1.54, 1.807) is 23.5 Å². The molecule has 0 spiro atoms. The maximum atomic E-state index is 5.01. The second-order valence-electron chi connectivity index (χ2n) is 9.26. The van der Waals surface area contributed by atoms with Gasteiger partial charge < -0.3 is 9.97 Å². The van der Waals surface area contributed by atoms with Gasteiger partial charge in [0, 0.05) is 51.7 Å². The molecule has 4 nitrogen and oxygen atoms in total. The largest absolute Gasteiger partial charge is 0.332 e. The van der Waals surface area contributed by atoms with E-state index in [4.69, 9.17) is 9.97 Å². The lowest BCUT2D eigenvalue weighted by atomic mass is 10.1. The predicted molar refractivity (Wildman–Crippen MR) is 191 cm³/mol. The number of rotatable bonds is 9. The molecule has 2 aromatic heterocycles. The van der Waals surface area contributed by atoms with Gasteiger partial charge in [0.05, 0.1) is 22.8 Å². The van der Waals surface area contributed by atoms with E-state index in [2.05, 4.69) is 146 Å². The van der Waals surface area contributed by atoms with E-state index in [0.717, 1.165) is 84.7 Å². The summed E-state index contributed by atoms with van der Waals surface area (Å²) in [5.74, 6) is 1.75. The highest BCUT2D eigenvalue weighted by atomic mass is 79.9. The molecule has 0 aliphatic heterocycles. The Kier molecular flexibility index (Phi) is 9.77. The average molecular weight is 846 g/mol. The zero-order valence-electron chi connectivity index (χ0n) is 21.9. The lowest BCUT2D eigenvalue weighted by Crippen LogP contribution is -1.87. The van der Waals surface area contributed by atoms with Gasteiger partial charge in [0.15, 0.2) is 10.3 Å². The van der Waals surface area contributed by atoms with Crippen LogP contribution >= 0.6 is 87.2 Å². The van der Waals surface area contributed by atoms with E-state index in [-0.39, 0.29) is 0 Å². The minimum atomic E-state index is 0.875. The Morgan fingerprint density at radius 1 is 0.429 bits per heavy atom. The Bertz CT molecular complexity index is 1540. The van der Waals surface area contributed by atoms with Crippen molar-refractivity contribution in [1.82, 2.24) is 19.9 Å². The molecule has 0 saturated heterocycles. The molecule has 2 heterocycles. The molecule has 10 heteroatoms. The summed E-state index contributed by atoms with van der Waals surface area (Å²) in [7, 11) is 0. The molecule has 0 fully saturated rings.